The highest BCUT2D eigenvalue weighted by Gasteiger charge is 2.58. The number of carbonyl (C=O) groups is 5. The summed E-state index contributed by atoms with van der Waals surface area (Å²) in [5, 5.41) is 5.82. The van der Waals surface area contributed by atoms with Gasteiger partial charge in [0.25, 0.3) is 5.91 Å². The molecular weight excluding hydrogens is 817 g/mol. The number of nitrogens with one attached hydrogen (secondary N) is 2. The Hall–Kier alpha value is -5.27. The second-order valence-electron chi connectivity index (χ2n) is 17.5. The second kappa shape index (κ2) is 21.9. The van der Waals surface area contributed by atoms with Gasteiger partial charge in [-0.25, -0.2) is 14.1 Å². The molecule has 1 spiro atoms. The molecule has 2 fully saturated rings. The first-order valence-corrected chi connectivity index (χ1v) is 22.7. The van der Waals surface area contributed by atoms with Crippen molar-refractivity contribution in [2.45, 2.75) is 153 Å². The average Bonchev–Trinajstić information content (AvgIpc) is 3.97. The van der Waals surface area contributed by atoms with E-state index in [9.17, 15) is 41.5 Å². The van der Waals surface area contributed by atoms with E-state index in [-0.39, 0.29) is 30.2 Å². The quantitative estimate of drug-likeness (QED) is 0.0765. The number of hydrogen-bond acceptors (Lipinski definition) is 6. The number of ether oxygens (including phenoxy) is 1. The monoisotopic (exact) mass is 876 g/mol. The van der Waals surface area contributed by atoms with Crippen LogP contribution in [0.2, 0.25) is 0 Å². The van der Waals surface area contributed by atoms with Gasteiger partial charge in [-0.15, -0.1) is 0 Å². The predicted octanol–water partition coefficient (Wildman–Crippen LogP) is 10.9. The van der Waals surface area contributed by atoms with Crippen LogP contribution in [-0.4, -0.2) is 58.3 Å². The Kier molecular flexibility index (Phi) is 16.4. The van der Waals surface area contributed by atoms with Crippen LogP contribution in [0, 0.1) is 11.7 Å². The van der Waals surface area contributed by atoms with Crippen molar-refractivity contribution in [2.75, 3.05) is 17.2 Å². The molecule has 14 heteroatoms. The molecule has 10 nitrogen and oxygen atoms in total. The maximum absolute atomic E-state index is 13.8. The van der Waals surface area contributed by atoms with Gasteiger partial charge in [0, 0.05) is 42.7 Å². The lowest BCUT2D eigenvalue weighted by Crippen LogP contribution is -2.51. The molecule has 1 saturated carbocycles. The van der Waals surface area contributed by atoms with E-state index in [2.05, 4.69) is 10.6 Å². The summed E-state index contributed by atoms with van der Waals surface area (Å²) in [7, 11) is 0. The van der Waals surface area contributed by atoms with Gasteiger partial charge in [0.15, 0.2) is 0 Å². The number of fused-ring (bicyclic) bond motifs is 2. The molecule has 3 aromatic carbocycles. The molecule has 1 aliphatic heterocycles. The van der Waals surface area contributed by atoms with Gasteiger partial charge >= 0.3 is 12.3 Å². The smallest absolute Gasteiger partial charge is 0.418 e. The van der Waals surface area contributed by atoms with Gasteiger partial charge in [-0.05, 0) is 85.2 Å². The highest BCUT2D eigenvalue weighted by atomic mass is 19.4. The molecule has 0 radical (unpaired) electrons. The molecule has 2 aliphatic carbocycles. The standard InChI is InChI=1S/C49H60F4N4O6/c1-34(49(51,52)53)56(32-37-17-22-39(50)23-18-37)45(60)33-57-46(61)48(63-47(57)62)30-29-38-31-41(26-27-42(38)48)55-44(59)28-21-36-19-24-40(25-20-36)54-43(58)16-10-8-6-4-2-3-5-7-9-13-35-14-11-12-15-35/h17-20,22-27,31,34-35H,2-16,21,28-30,32-33H2,1H3,(H,54,58)(H,55,59)/t34-,48?/m0/s1. The first-order valence-electron chi connectivity index (χ1n) is 22.7. The molecule has 340 valence electrons. The Balaban J connectivity index is 0.905. The number of imide groups is 1. The first kappa shape index (κ1) is 47.2. The number of benzene rings is 3. The lowest BCUT2D eigenvalue weighted by Gasteiger charge is -2.31. The molecule has 1 unspecified atom stereocenters. The van der Waals surface area contributed by atoms with Crippen molar-refractivity contribution in [3.05, 3.63) is 94.8 Å². The van der Waals surface area contributed by atoms with Crippen molar-refractivity contribution in [2.24, 2.45) is 5.92 Å². The Labute approximate surface area is 367 Å². The highest BCUT2D eigenvalue weighted by molar-refractivity contribution is 6.06. The van der Waals surface area contributed by atoms with E-state index in [0.29, 0.717) is 51.6 Å². The molecule has 3 aliphatic rings. The summed E-state index contributed by atoms with van der Waals surface area (Å²) in [4.78, 5) is 66.6. The fraction of sp³-hybridized carbons (Fsp3) is 0.531. The zero-order chi connectivity index (χ0) is 45.0. The zero-order valence-electron chi connectivity index (χ0n) is 36.2. The molecule has 63 heavy (non-hydrogen) atoms. The summed E-state index contributed by atoms with van der Waals surface area (Å²) < 4.78 is 60.5. The molecule has 2 N–H and O–H groups in total. The molecule has 0 aromatic heterocycles. The Morgan fingerprint density at radius 1 is 0.794 bits per heavy atom. The molecule has 6 rings (SSSR count). The average molecular weight is 877 g/mol. The number of hydrogen-bond donors (Lipinski definition) is 2. The highest BCUT2D eigenvalue weighted by Crippen LogP contribution is 2.46. The number of carbonyl (C=O) groups excluding carboxylic acids is 5. The minimum absolute atomic E-state index is 0.00612. The minimum Gasteiger partial charge on any atom is -0.427 e. The van der Waals surface area contributed by atoms with Gasteiger partial charge < -0.3 is 20.3 Å². The minimum atomic E-state index is -4.82. The van der Waals surface area contributed by atoms with Gasteiger partial charge in [0.1, 0.15) is 18.4 Å². The molecule has 1 heterocycles. The Bertz CT molecular complexity index is 2050. The molecular formula is C49H60F4N4O6. The van der Waals surface area contributed by atoms with Crippen molar-refractivity contribution in [1.82, 2.24) is 9.80 Å². The summed E-state index contributed by atoms with van der Waals surface area (Å²) in [6, 6.07) is 14.6. The summed E-state index contributed by atoms with van der Waals surface area (Å²) in [5.74, 6) is -1.87. The van der Waals surface area contributed by atoms with E-state index in [0.717, 1.165) is 49.8 Å². The Morgan fingerprint density at radius 2 is 1.38 bits per heavy atom. The van der Waals surface area contributed by atoms with Crippen LogP contribution >= 0.6 is 0 Å². The largest absolute Gasteiger partial charge is 0.427 e. The van der Waals surface area contributed by atoms with Crippen LogP contribution in [0.1, 0.15) is 138 Å². The summed E-state index contributed by atoms with van der Waals surface area (Å²) >= 11 is 0. The zero-order valence-corrected chi connectivity index (χ0v) is 36.2. The molecule has 5 amide bonds. The van der Waals surface area contributed by atoms with E-state index >= 15 is 0 Å². The fourth-order valence-corrected chi connectivity index (χ4v) is 9.08. The van der Waals surface area contributed by atoms with Crippen LogP contribution in [-0.2, 0) is 48.9 Å². The van der Waals surface area contributed by atoms with Crippen LogP contribution in [0.5, 0.6) is 0 Å². The van der Waals surface area contributed by atoms with E-state index in [1.54, 1.807) is 18.2 Å². The van der Waals surface area contributed by atoms with Crippen molar-refractivity contribution in [3.8, 4) is 0 Å². The lowest BCUT2D eigenvalue weighted by atomic mass is 9.94. The Morgan fingerprint density at radius 3 is 2.05 bits per heavy atom. The third-order valence-electron chi connectivity index (χ3n) is 12.8. The van der Waals surface area contributed by atoms with E-state index < -0.39 is 54.6 Å². The second-order valence-corrected chi connectivity index (χ2v) is 17.5. The van der Waals surface area contributed by atoms with Gasteiger partial charge in [-0.2, -0.15) is 13.2 Å². The number of amides is 5. The van der Waals surface area contributed by atoms with Crippen LogP contribution in [0.15, 0.2) is 66.7 Å². The number of aryl methyl sites for hydroxylation is 2. The van der Waals surface area contributed by atoms with E-state index in [1.807, 2.05) is 24.3 Å². The first-order chi connectivity index (χ1) is 30.2. The van der Waals surface area contributed by atoms with Crippen molar-refractivity contribution < 1.29 is 46.3 Å². The maximum Gasteiger partial charge on any atom is 0.418 e. The van der Waals surface area contributed by atoms with Crippen LogP contribution in [0.25, 0.3) is 0 Å². The number of unbranched alkanes of at least 4 members (excludes halogenated alkanes) is 8. The number of halogens is 4. The number of alkyl halides is 3. The van der Waals surface area contributed by atoms with Crippen molar-refractivity contribution in [1.29, 1.82) is 0 Å². The number of anilines is 2. The SMILES string of the molecule is C[C@H](N(Cc1ccc(F)cc1)C(=O)CN1C(=O)OC2(CCc3cc(NC(=O)CCc4ccc(NC(=O)CCCCCCCCCCCC5CCCC5)cc4)ccc32)C1=O)C(F)(F)F. The van der Waals surface area contributed by atoms with Crippen molar-refractivity contribution in [3.63, 3.8) is 0 Å². The summed E-state index contributed by atoms with van der Waals surface area (Å²) in [6.07, 6.45) is 13.7. The molecule has 1 saturated heterocycles. The van der Waals surface area contributed by atoms with Crippen LogP contribution in [0.3, 0.4) is 0 Å². The van der Waals surface area contributed by atoms with Crippen molar-refractivity contribution >= 4 is 41.1 Å². The van der Waals surface area contributed by atoms with Crippen LogP contribution in [0.4, 0.5) is 33.7 Å². The van der Waals surface area contributed by atoms with Gasteiger partial charge in [0.05, 0.1) is 0 Å². The van der Waals surface area contributed by atoms with Gasteiger partial charge in [0.2, 0.25) is 23.3 Å². The maximum atomic E-state index is 13.8. The molecule has 2 atom stereocenters. The summed E-state index contributed by atoms with van der Waals surface area (Å²) in [6.45, 7) is -0.730. The van der Waals surface area contributed by atoms with Gasteiger partial charge in [-0.3, -0.25) is 19.2 Å². The fourth-order valence-electron chi connectivity index (χ4n) is 9.08. The van der Waals surface area contributed by atoms with E-state index in [1.165, 1.54) is 82.8 Å². The third-order valence-corrected chi connectivity index (χ3v) is 12.8. The van der Waals surface area contributed by atoms with E-state index in [4.69, 9.17) is 4.74 Å². The summed E-state index contributed by atoms with van der Waals surface area (Å²) in [5.41, 5.74) is 1.56. The number of nitrogens with zero attached hydrogens (tertiary/aromatic N) is 2. The lowest BCUT2D eigenvalue weighted by molar-refractivity contribution is -0.187. The third kappa shape index (κ3) is 12.9. The normalized spacial score (nSPS) is 17.8. The number of rotatable bonds is 22. The molecule has 0 bridgehead atoms. The topological polar surface area (TPSA) is 125 Å². The van der Waals surface area contributed by atoms with Crippen LogP contribution < -0.4 is 10.6 Å². The predicted molar refractivity (Wildman–Crippen MR) is 232 cm³/mol. The van der Waals surface area contributed by atoms with Gasteiger partial charge in [-0.1, -0.05) is 114 Å². The molecule has 3 aromatic rings.